The molecule has 0 aliphatic heterocycles. The molecule has 0 unspecified atom stereocenters. The van der Waals surface area contributed by atoms with Crippen LogP contribution in [0.25, 0.3) is 0 Å². The molecule has 0 aliphatic carbocycles. The number of benzene rings is 1. The highest BCUT2D eigenvalue weighted by Gasteiger charge is 2.06. The van der Waals surface area contributed by atoms with Crippen molar-refractivity contribution in [2.24, 2.45) is 0 Å². The van der Waals surface area contributed by atoms with Gasteiger partial charge in [0.1, 0.15) is 0 Å². The van der Waals surface area contributed by atoms with Gasteiger partial charge in [-0.15, -0.1) is 11.6 Å². The van der Waals surface area contributed by atoms with Crippen molar-refractivity contribution in [1.29, 1.82) is 0 Å². The van der Waals surface area contributed by atoms with Gasteiger partial charge in [0.15, 0.2) is 0 Å². The monoisotopic (exact) mass is 222 g/mol. The average Bonchev–Trinajstić information content (AvgIpc) is 2.20. The second-order valence-electron chi connectivity index (χ2n) is 3.08. The lowest BCUT2D eigenvalue weighted by Gasteiger charge is -2.00. The van der Waals surface area contributed by atoms with E-state index in [1.807, 2.05) is 6.07 Å². The molecule has 0 aromatic heterocycles. The molecule has 2 nitrogen and oxygen atoms in total. The summed E-state index contributed by atoms with van der Waals surface area (Å²) < 4.78 is 0. The van der Waals surface area contributed by atoms with E-state index in [1.165, 1.54) is 0 Å². The number of hydrogen-bond donors (Lipinski definition) is 1. The Balaban J connectivity index is 2.99. The van der Waals surface area contributed by atoms with Crippen molar-refractivity contribution in [2.45, 2.75) is 13.3 Å². The van der Waals surface area contributed by atoms with Crippen LogP contribution >= 0.6 is 11.6 Å². The van der Waals surface area contributed by atoms with Gasteiger partial charge < -0.3 is 5.11 Å². The summed E-state index contributed by atoms with van der Waals surface area (Å²) in [6, 6.07) is 5.15. The first kappa shape index (κ1) is 11.6. The molecule has 0 saturated carbocycles. The summed E-state index contributed by atoms with van der Waals surface area (Å²) in [5, 5.41) is 8.89. The van der Waals surface area contributed by atoms with E-state index < -0.39 is 5.97 Å². The molecule has 0 fully saturated rings. The Morgan fingerprint density at radius 1 is 1.53 bits per heavy atom. The largest absolute Gasteiger partial charge is 0.478 e. The van der Waals surface area contributed by atoms with Crippen LogP contribution in [0.2, 0.25) is 0 Å². The Morgan fingerprint density at radius 3 is 2.87 bits per heavy atom. The molecule has 0 amide bonds. The van der Waals surface area contributed by atoms with Crippen molar-refractivity contribution in [1.82, 2.24) is 0 Å². The number of carbonyl (C=O) groups is 1. The minimum atomic E-state index is -0.923. The molecule has 0 radical (unpaired) electrons. The van der Waals surface area contributed by atoms with Crippen molar-refractivity contribution < 1.29 is 9.90 Å². The van der Waals surface area contributed by atoms with Crippen LogP contribution in [0, 0.1) is 18.8 Å². The van der Waals surface area contributed by atoms with Gasteiger partial charge in [-0.3, -0.25) is 0 Å². The molecule has 3 heteroatoms. The third kappa shape index (κ3) is 3.30. The minimum Gasteiger partial charge on any atom is -0.478 e. The Labute approximate surface area is 93.9 Å². The summed E-state index contributed by atoms with van der Waals surface area (Å²) in [4.78, 5) is 10.8. The zero-order valence-electron chi connectivity index (χ0n) is 8.38. The molecule has 0 saturated heterocycles. The molecular weight excluding hydrogens is 212 g/mol. The van der Waals surface area contributed by atoms with Crippen LogP contribution in [0.3, 0.4) is 0 Å². The molecule has 1 aromatic carbocycles. The molecule has 78 valence electrons. The van der Waals surface area contributed by atoms with Crippen LogP contribution in [0.15, 0.2) is 18.2 Å². The van der Waals surface area contributed by atoms with Crippen molar-refractivity contribution in [3.8, 4) is 11.8 Å². The van der Waals surface area contributed by atoms with Gasteiger partial charge in [0.05, 0.1) is 5.56 Å². The fourth-order valence-electron chi connectivity index (χ4n) is 1.14. The number of aromatic carboxylic acids is 1. The summed E-state index contributed by atoms with van der Waals surface area (Å²) in [5.41, 5.74) is 1.75. The molecular formula is C12H11ClO2. The first-order valence-corrected chi connectivity index (χ1v) is 5.07. The normalized spacial score (nSPS) is 9.20. The van der Waals surface area contributed by atoms with Crippen molar-refractivity contribution in [3.63, 3.8) is 0 Å². The Bertz CT molecular complexity index is 427. The molecule has 0 atom stereocenters. The smallest absolute Gasteiger partial charge is 0.335 e. The SMILES string of the molecule is Cc1ccc(C#CCCCl)cc1C(=O)O. The number of hydrogen-bond acceptors (Lipinski definition) is 1. The van der Waals surface area contributed by atoms with Gasteiger partial charge in [-0.05, 0) is 24.6 Å². The summed E-state index contributed by atoms with van der Waals surface area (Å²) in [5.74, 6) is 5.30. The second kappa shape index (κ2) is 5.43. The van der Waals surface area contributed by atoms with Gasteiger partial charge in [-0.1, -0.05) is 17.9 Å². The quantitative estimate of drug-likeness (QED) is 0.617. The van der Waals surface area contributed by atoms with Crippen LogP contribution in [0.4, 0.5) is 0 Å². The van der Waals surface area contributed by atoms with Crippen LogP contribution in [-0.4, -0.2) is 17.0 Å². The number of alkyl halides is 1. The minimum absolute atomic E-state index is 0.299. The van der Waals surface area contributed by atoms with E-state index in [4.69, 9.17) is 16.7 Å². The summed E-state index contributed by atoms with van der Waals surface area (Å²) in [7, 11) is 0. The first-order chi connectivity index (χ1) is 7.15. The molecule has 1 rings (SSSR count). The standard InChI is InChI=1S/C12H11ClO2/c1-9-5-6-10(4-2-3-7-13)8-11(9)12(14)15/h5-6,8H,3,7H2,1H3,(H,14,15). The number of aryl methyl sites for hydroxylation is 1. The molecule has 0 aliphatic rings. The Morgan fingerprint density at radius 2 is 2.27 bits per heavy atom. The van der Waals surface area contributed by atoms with Crippen LogP contribution < -0.4 is 0 Å². The van der Waals surface area contributed by atoms with Crippen molar-refractivity contribution >= 4 is 17.6 Å². The van der Waals surface area contributed by atoms with Crippen molar-refractivity contribution in [3.05, 3.63) is 34.9 Å². The fraction of sp³-hybridized carbons (Fsp3) is 0.250. The van der Waals surface area contributed by atoms with Crippen LogP contribution in [0.5, 0.6) is 0 Å². The summed E-state index contributed by atoms with van der Waals surface area (Å²) in [6.07, 6.45) is 0.609. The number of carboxylic acid groups (broad SMARTS) is 1. The van der Waals surface area contributed by atoms with Gasteiger partial charge in [-0.2, -0.15) is 0 Å². The zero-order chi connectivity index (χ0) is 11.3. The topological polar surface area (TPSA) is 37.3 Å². The lowest BCUT2D eigenvalue weighted by molar-refractivity contribution is 0.0696. The Hall–Kier alpha value is -1.46. The highest BCUT2D eigenvalue weighted by molar-refractivity contribution is 6.18. The van der Waals surface area contributed by atoms with Gasteiger partial charge in [0.25, 0.3) is 0 Å². The Kier molecular flexibility index (Phi) is 4.20. The second-order valence-corrected chi connectivity index (χ2v) is 3.45. The molecule has 1 aromatic rings. The predicted octanol–water partition coefficient (Wildman–Crippen LogP) is 2.67. The molecule has 1 N–H and O–H groups in total. The van der Waals surface area contributed by atoms with Gasteiger partial charge in [-0.25, -0.2) is 4.79 Å². The fourth-order valence-corrected chi connectivity index (χ4v) is 1.24. The van der Waals surface area contributed by atoms with E-state index in [-0.39, 0.29) is 0 Å². The molecule has 0 heterocycles. The zero-order valence-corrected chi connectivity index (χ0v) is 9.14. The maximum Gasteiger partial charge on any atom is 0.335 e. The molecule has 15 heavy (non-hydrogen) atoms. The van der Waals surface area contributed by atoms with Gasteiger partial charge in [0.2, 0.25) is 0 Å². The maximum atomic E-state index is 10.8. The van der Waals surface area contributed by atoms with E-state index >= 15 is 0 Å². The van der Waals surface area contributed by atoms with E-state index in [2.05, 4.69) is 11.8 Å². The van der Waals surface area contributed by atoms with Gasteiger partial charge >= 0.3 is 5.97 Å². The highest BCUT2D eigenvalue weighted by Crippen LogP contribution is 2.10. The van der Waals surface area contributed by atoms with E-state index in [0.29, 0.717) is 23.4 Å². The van der Waals surface area contributed by atoms with E-state index in [0.717, 1.165) is 5.56 Å². The first-order valence-electron chi connectivity index (χ1n) is 4.54. The van der Waals surface area contributed by atoms with Crippen LogP contribution in [0.1, 0.15) is 27.9 Å². The number of halogens is 1. The average molecular weight is 223 g/mol. The molecule has 0 spiro atoms. The third-order valence-electron chi connectivity index (χ3n) is 1.92. The van der Waals surface area contributed by atoms with E-state index in [1.54, 1.807) is 19.1 Å². The van der Waals surface area contributed by atoms with Gasteiger partial charge in [0, 0.05) is 17.9 Å². The third-order valence-corrected chi connectivity index (χ3v) is 2.11. The summed E-state index contributed by atoms with van der Waals surface area (Å²) in [6.45, 7) is 1.76. The number of rotatable bonds is 2. The predicted molar refractivity (Wildman–Crippen MR) is 60.4 cm³/mol. The van der Waals surface area contributed by atoms with E-state index in [9.17, 15) is 4.79 Å². The van der Waals surface area contributed by atoms with Crippen molar-refractivity contribution in [2.75, 3.05) is 5.88 Å². The molecule has 0 bridgehead atoms. The highest BCUT2D eigenvalue weighted by atomic mass is 35.5. The number of carboxylic acids is 1. The summed E-state index contributed by atoms with van der Waals surface area (Å²) >= 11 is 5.48. The van der Waals surface area contributed by atoms with Crippen LogP contribution in [-0.2, 0) is 0 Å². The lowest BCUT2D eigenvalue weighted by Crippen LogP contribution is -1.99. The lowest BCUT2D eigenvalue weighted by atomic mass is 10.1. The maximum absolute atomic E-state index is 10.8.